The summed E-state index contributed by atoms with van der Waals surface area (Å²) < 4.78 is 6.61. The van der Waals surface area contributed by atoms with Crippen LogP contribution in [0.5, 0.6) is 5.75 Å². The van der Waals surface area contributed by atoms with Gasteiger partial charge in [0, 0.05) is 26.2 Å². The molecule has 2 rings (SSSR count). The maximum atomic E-state index is 12.1. The van der Waals surface area contributed by atoms with Gasteiger partial charge in [0.15, 0.2) is 0 Å². The van der Waals surface area contributed by atoms with Crippen LogP contribution in [0, 0.1) is 21.4 Å². The third kappa shape index (κ3) is 5.78. The number of nitriles is 1. The molecule has 30 heavy (non-hydrogen) atoms. The highest BCUT2D eigenvalue weighted by molar-refractivity contribution is 9.10. The first kappa shape index (κ1) is 22.8. The maximum Gasteiger partial charge on any atom is 0.269 e. The van der Waals surface area contributed by atoms with Gasteiger partial charge in [-0.1, -0.05) is 6.08 Å². The number of amides is 1. The average molecular weight is 470 g/mol. The zero-order valence-electron chi connectivity index (χ0n) is 16.6. The molecular weight excluding hydrogens is 450 g/mol. The van der Waals surface area contributed by atoms with Crippen molar-refractivity contribution >= 4 is 33.6 Å². The molecule has 2 aromatic carbocycles. The lowest BCUT2D eigenvalue weighted by Crippen LogP contribution is -2.22. The molecule has 8 heteroatoms. The van der Waals surface area contributed by atoms with Crippen LogP contribution in [-0.4, -0.2) is 29.8 Å². The quantitative estimate of drug-likeness (QED) is 0.184. The predicted molar refractivity (Wildman–Crippen MR) is 118 cm³/mol. The van der Waals surface area contributed by atoms with Crippen LogP contribution >= 0.6 is 15.9 Å². The van der Waals surface area contributed by atoms with Crippen molar-refractivity contribution in [2.24, 2.45) is 0 Å². The number of non-ortho nitro benzene ring substituents is 1. The zero-order valence-corrected chi connectivity index (χ0v) is 18.2. The number of hydrogen-bond acceptors (Lipinski definition) is 5. The van der Waals surface area contributed by atoms with Gasteiger partial charge in [0.2, 0.25) is 0 Å². The van der Waals surface area contributed by atoms with Gasteiger partial charge in [0.1, 0.15) is 24.0 Å². The lowest BCUT2D eigenvalue weighted by molar-refractivity contribution is -0.384. The summed E-state index contributed by atoms with van der Waals surface area (Å²) in [7, 11) is 3.17. The van der Waals surface area contributed by atoms with Crippen molar-refractivity contribution in [2.45, 2.75) is 13.0 Å². The molecule has 154 valence electrons. The van der Waals surface area contributed by atoms with E-state index in [2.05, 4.69) is 22.5 Å². The van der Waals surface area contributed by atoms with Crippen LogP contribution in [-0.2, 0) is 17.8 Å². The fourth-order valence-electron chi connectivity index (χ4n) is 2.64. The molecule has 0 bridgehead atoms. The maximum absolute atomic E-state index is 12.1. The first-order valence-electron chi connectivity index (χ1n) is 8.89. The number of hydrogen-bond donors (Lipinski definition) is 0. The van der Waals surface area contributed by atoms with Gasteiger partial charge in [-0.2, -0.15) is 5.26 Å². The van der Waals surface area contributed by atoms with Crippen LogP contribution in [0.4, 0.5) is 5.69 Å². The Kier molecular flexibility index (Phi) is 7.90. The van der Waals surface area contributed by atoms with Gasteiger partial charge in [-0.25, -0.2) is 0 Å². The Bertz CT molecular complexity index is 1040. The van der Waals surface area contributed by atoms with E-state index < -0.39 is 4.92 Å². The molecule has 0 aliphatic carbocycles. The molecule has 0 aliphatic heterocycles. The Balaban J connectivity index is 2.32. The number of carbonyl (C=O) groups is 1. The number of carbonyl (C=O) groups excluding carboxylic acids is 1. The molecular formula is C22H20BrN3O4. The molecule has 0 unspecified atom stereocenters. The monoisotopic (exact) mass is 469 g/mol. The Labute approximate surface area is 183 Å². The summed E-state index contributed by atoms with van der Waals surface area (Å²) in [6.45, 7) is 3.99. The number of nitro benzene ring substituents is 1. The molecule has 0 heterocycles. The van der Waals surface area contributed by atoms with E-state index in [9.17, 15) is 20.2 Å². The third-order valence-corrected chi connectivity index (χ3v) is 4.69. The first-order chi connectivity index (χ1) is 14.3. The van der Waals surface area contributed by atoms with Gasteiger partial charge in [-0.15, -0.1) is 6.58 Å². The Hall–Kier alpha value is -3.44. The third-order valence-electron chi connectivity index (χ3n) is 4.11. The van der Waals surface area contributed by atoms with E-state index in [1.54, 1.807) is 38.4 Å². The van der Waals surface area contributed by atoms with Crippen LogP contribution in [0.15, 0.2) is 59.1 Å². The highest BCUT2D eigenvalue weighted by Crippen LogP contribution is 2.33. The van der Waals surface area contributed by atoms with Crippen molar-refractivity contribution in [3.05, 3.63) is 85.9 Å². The largest absolute Gasteiger partial charge is 0.487 e. The Morgan fingerprint density at radius 3 is 2.53 bits per heavy atom. The van der Waals surface area contributed by atoms with Crippen LogP contribution in [0.3, 0.4) is 0 Å². The second kappa shape index (κ2) is 10.4. The number of likely N-dealkylation sites (N-methyl/N-ethyl adjacent to an activating group) is 1. The summed E-state index contributed by atoms with van der Waals surface area (Å²) in [5, 5.41) is 20.1. The molecule has 0 saturated carbocycles. The smallest absolute Gasteiger partial charge is 0.269 e. The highest BCUT2D eigenvalue weighted by Gasteiger charge is 2.14. The summed E-state index contributed by atoms with van der Waals surface area (Å²) in [5.74, 6) is 0.222. The predicted octanol–water partition coefficient (Wildman–Crippen LogP) is 4.66. The molecule has 2 aromatic rings. The standard InChI is InChI=1S/C22H20BrN3O4/c1-4-5-17-10-16(11-18(13-24)22(27)25(2)3)12-20(23)21(17)30-14-15-6-8-19(9-7-15)26(28)29/h4,6-12H,1,5,14H2,2-3H3/b18-11-. The fraction of sp³-hybridized carbons (Fsp3) is 0.182. The summed E-state index contributed by atoms with van der Waals surface area (Å²) >= 11 is 3.49. The van der Waals surface area contributed by atoms with Crippen molar-refractivity contribution in [3.8, 4) is 11.8 Å². The van der Waals surface area contributed by atoms with Gasteiger partial charge in [0.25, 0.3) is 11.6 Å². The van der Waals surface area contributed by atoms with Gasteiger partial charge >= 0.3 is 0 Å². The van der Waals surface area contributed by atoms with Crippen molar-refractivity contribution in [2.75, 3.05) is 14.1 Å². The highest BCUT2D eigenvalue weighted by atomic mass is 79.9. The first-order valence-corrected chi connectivity index (χ1v) is 9.69. The van der Waals surface area contributed by atoms with Crippen molar-refractivity contribution in [3.63, 3.8) is 0 Å². The van der Waals surface area contributed by atoms with Crippen LogP contribution in [0.25, 0.3) is 6.08 Å². The van der Waals surface area contributed by atoms with Crippen LogP contribution in [0.1, 0.15) is 16.7 Å². The minimum Gasteiger partial charge on any atom is -0.487 e. The number of allylic oxidation sites excluding steroid dienone is 1. The molecule has 0 atom stereocenters. The second-order valence-corrected chi connectivity index (χ2v) is 7.42. The summed E-state index contributed by atoms with van der Waals surface area (Å²) in [6.07, 6.45) is 3.77. The molecule has 1 amide bonds. The fourth-order valence-corrected chi connectivity index (χ4v) is 3.28. The number of rotatable bonds is 8. The van der Waals surface area contributed by atoms with E-state index in [0.717, 1.165) is 11.1 Å². The van der Waals surface area contributed by atoms with E-state index >= 15 is 0 Å². The van der Waals surface area contributed by atoms with Crippen LogP contribution < -0.4 is 4.74 Å². The van der Waals surface area contributed by atoms with Crippen molar-refractivity contribution in [1.82, 2.24) is 4.90 Å². The molecule has 0 saturated heterocycles. The molecule has 7 nitrogen and oxygen atoms in total. The number of ether oxygens (including phenoxy) is 1. The minimum atomic E-state index is -0.452. The number of nitrogens with zero attached hydrogens (tertiary/aromatic N) is 3. The van der Waals surface area contributed by atoms with E-state index in [-0.39, 0.29) is 23.8 Å². The van der Waals surface area contributed by atoms with Crippen molar-refractivity contribution in [1.29, 1.82) is 5.26 Å². The van der Waals surface area contributed by atoms with Gasteiger partial charge in [-0.3, -0.25) is 14.9 Å². The lowest BCUT2D eigenvalue weighted by atomic mass is 10.0. The number of halogens is 1. The van der Waals surface area contributed by atoms with E-state index in [1.807, 2.05) is 12.1 Å². The van der Waals surface area contributed by atoms with E-state index in [4.69, 9.17) is 4.74 Å². The normalized spacial score (nSPS) is 10.8. The molecule has 0 aliphatic rings. The molecule has 0 N–H and O–H groups in total. The molecule has 0 fully saturated rings. The molecule has 0 aromatic heterocycles. The van der Waals surface area contributed by atoms with E-state index in [0.29, 0.717) is 22.2 Å². The van der Waals surface area contributed by atoms with Gasteiger partial charge in [-0.05, 0) is 69.4 Å². The number of benzene rings is 2. The minimum absolute atomic E-state index is 0.0176. The average Bonchev–Trinajstić information content (AvgIpc) is 2.71. The Morgan fingerprint density at radius 1 is 1.33 bits per heavy atom. The SMILES string of the molecule is C=CCc1cc(/C=C(/C#N)C(=O)N(C)C)cc(Br)c1OCc1ccc([N+](=O)[O-])cc1. The lowest BCUT2D eigenvalue weighted by Gasteiger charge is -2.14. The summed E-state index contributed by atoms with van der Waals surface area (Å²) in [4.78, 5) is 23.8. The number of nitro groups is 1. The summed E-state index contributed by atoms with van der Waals surface area (Å²) in [5.41, 5.74) is 2.32. The van der Waals surface area contributed by atoms with Crippen LogP contribution in [0.2, 0.25) is 0 Å². The Morgan fingerprint density at radius 2 is 2.00 bits per heavy atom. The summed E-state index contributed by atoms with van der Waals surface area (Å²) in [6, 6.07) is 11.7. The zero-order chi connectivity index (χ0) is 22.3. The van der Waals surface area contributed by atoms with Gasteiger partial charge in [0.05, 0.1) is 9.40 Å². The second-order valence-electron chi connectivity index (χ2n) is 6.57. The topological polar surface area (TPSA) is 96.5 Å². The van der Waals surface area contributed by atoms with E-state index in [1.165, 1.54) is 23.1 Å². The van der Waals surface area contributed by atoms with Gasteiger partial charge < -0.3 is 9.64 Å². The molecule has 0 radical (unpaired) electrons. The van der Waals surface area contributed by atoms with Crippen molar-refractivity contribution < 1.29 is 14.5 Å². The molecule has 0 spiro atoms.